The van der Waals surface area contributed by atoms with E-state index in [0.29, 0.717) is 31.8 Å². The van der Waals surface area contributed by atoms with Gasteiger partial charge in [0.15, 0.2) is 0 Å². The highest BCUT2D eigenvalue weighted by molar-refractivity contribution is 5.85. The fourth-order valence-corrected chi connectivity index (χ4v) is 2.98. The molecule has 5 heteroatoms. The molecule has 3 unspecified atom stereocenters. The molecule has 19 heavy (non-hydrogen) atoms. The van der Waals surface area contributed by atoms with Gasteiger partial charge in [-0.3, -0.25) is 9.59 Å². The van der Waals surface area contributed by atoms with Crippen LogP contribution >= 0.6 is 0 Å². The molecule has 1 aliphatic rings. The Morgan fingerprint density at radius 1 is 1.16 bits per heavy atom. The zero-order valence-corrected chi connectivity index (χ0v) is 11.8. The SMILES string of the molecule is CCCN(CCO)C(=O)C1CC(CC)CC1C(=O)O. The number of hydrogen-bond acceptors (Lipinski definition) is 3. The van der Waals surface area contributed by atoms with Crippen LogP contribution in [0, 0.1) is 17.8 Å². The van der Waals surface area contributed by atoms with Crippen LogP contribution < -0.4 is 0 Å². The average molecular weight is 271 g/mol. The summed E-state index contributed by atoms with van der Waals surface area (Å²) >= 11 is 0. The smallest absolute Gasteiger partial charge is 0.307 e. The van der Waals surface area contributed by atoms with Gasteiger partial charge in [-0.1, -0.05) is 20.3 Å². The third kappa shape index (κ3) is 3.93. The fraction of sp³-hybridized carbons (Fsp3) is 0.857. The lowest BCUT2D eigenvalue weighted by atomic mass is 9.94. The Morgan fingerprint density at radius 3 is 2.26 bits per heavy atom. The van der Waals surface area contributed by atoms with Crippen LogP contribution in [0.1, 0.15) is 39.5 Å². The summed E-state index contributed by atoms with van der Waals surface area (Å²) in [6.45, 7) is 4.81. The molecule has 0 radical (unpaired) electrons. The minimum Gasteiger partial charge on any atom is -0.481 e. The van der Waals surface area contributed by atoms with Gasteiger partial charge in [0.1, 0.15) is 0 Å². The molecule has 0 heterocycles. The van der Waals surface area contributed by atoms with Gasteiger partial charge in [0, 0.05) is 13.1 Å². The number of carboxylic acids is 1. The Labute approximate surface area is 114 Å². The molecule has 2 N–H and O–H groups in total. The molecule has 1 amide bonds. The normalized spacial score (nSPS) is 26.4. The molecule has 1 fully saturated rings. The van der Waals surface area contributed by atoms with Crippen LogP contribution in [0.15, 0.2) is 0 Å². The standard InChI is InChI=1S/C14H25NO4/c1-3-5-15(6-7-16)13(17)11-8-10(4-2)9-12(11)14(18)19/h10-12,16H,3-9H2,1-2H3,(H,18,19). The van der Waals surface area contributed by atoms with Gasteiger partial charge >= 0.3 is 5.97 Å². The second kappa shape index (κ2) is 7.48. The third-order valence-electron chi connectivity index (χ3n) is 4.05. The lowest BCUT2D eigenvalue weighted by molar-refractivity contribution is -0.149. The lowest BCUT2D eigenvalue weighted by Gasteiger charge is -2.26. The minimum absolute atomic E-state index is 0.0760. The topological polar surface area (TPSA) is 77.8 Å². The maximum absolute atomic E-state index is 12.5. The molecule has 0 spiro atoms. The van der Waals surface area contributed by atoms with Crippen molar-refractivity contribution in [2.75, 3.05) is 19.7 Å². The fourth-order valence-electron chi connectivity index (χ4n) is 2.98. The number of amides is 1. The van der Waals surface area contributed by atoms with E-state index in [1.807, 2.05) is 13.8 Å². The summed E-state index contributed by atoms with van der Waals surface area (Å²) in [5, 5.41) is 18.3. The summed E-state index contributed by atoms with van der Waals surface area (Å²) in [4.78, 5) is 25.4. The van der Waals surface area contributed by atoms with Crippen LogP contribution in [-0.4, -0.2) is 46.7 Å². The molecule has 1 aliphatic carbocycles. The highest BCUT2D eigenvalue weighted by Crippen LogP contribution is 2.39. The Morgan fingerprint density at radius 2 is 1.79 bits per heavy atom. The van der Waals surface area contributed by atoms with Crippen molar-refractivity contribution in [2.24, 2.45) is 17.8 Å². The van der Waals surface area contributed by atoms with E-state index in [4.69, 9.17) is 5.11 Å². The maximum atomic E-state index is 12.5. The van der Waals surface area contributed by atoms with Gasteiger partial charge in [0.25, 0.3) is 0 Å². The van der Waals surface area contributed by atoms with Gasteiger partial charge in [-0.15, -0.1) is 0 Å². The molecule has 0 bridgehead atoms. The molecule has 0 aromatic rings. The van der Waals surface area contributed by atoms with Gasteiger partial charge in [0.2, 0.25) is 5.91 Å². The monoisotopic (exact) mass is 271 g/mol. The number of aliphatic carboxylic acids is 1. The molecule has 1 saturated carbocycles. The molecule has 0 aromatic carbocycles. The number of rotatable bonds is 7. The number of carboxylic acid groups (broad SMARTS) is 1. The quantitative estimate of drug-likeness (QED) is 0.733. The van der Waals surface area contributed by atoms with E-state index >= 15 is 0 Å². The van der Waals surface area contributed by atoms with Crippen LogP contribution in [0.25, 0.3) is 0 Å². The predicted molar refractivity (Wildman–Crippen MR) is 71.6 cm³/mol. The van der Waals surface area contributed by atoms with E-state index in [2.05, 4.69) is 0 Å². The summed E-state index contributed by atoms with van der Waals surface area (Å²) in [5.74, 6) is -1.61. The zero-order valence-electron chi connectivity index (χ0n) is 11.8. The molecular weight excluding hydrogens is 246 g/mol. The molecule has 0 aliphatic heterocycles. The highest BCUT2D eigenvalue weighted by atomic mass is 16.4. The highest BCUT2D eigenvalue weighted by Gasteiger charge is 2.43. The van der Waals surface area contributed by atoms with Crippen molar-refractivity contribution in [1.29, 1.82) is 0 Å². The number of carbonyl (C=O) groups excluding carboxylic acids is 1. The van der Waals surface area contributed by atoms with Crippen LogP contribution in [0.3, 0.4) is 0 Å². The summed E-state index contributed by atoms with van der Waals surface area (Å²) in [7, 11) is 0. The van der Waals surface area contributed by atoms with E-state index in [9.17, 15) is 14.7 Å². The molecule has 110 valence electrons. The first-order chi connectivity index (χ1) is 9.04. The zero-order chi connectivity index (χ0) is 14.4. The lowest BCUT2D eigenvalue weighted by Crippen LogP contribution is -2.41. The van der Waals surface area contributed by atoms with Crippen molar-refractivity contribution >= 4 is 11.9 Å². The second-order valence-corrected chi connectivity index (χ2v) is 5.35. The van der Waals surface area contributed by atoms with E-state index < -0.39 is 17.8 Å². The molecule has 0 aromatic heterocycles. The van der Waals surface area contributed by atoms with Crippen molar-refractivity contribution in [2.45, 2.75) is 39.5 Å². The minimum atomic E-state index is -0.866. The Hall–Kier alpha value is -1.10. The number of carbonyl (C=O) groups is 2. The Kier molecular flexibility index (Phi) is 6.28. The van der Waals surface area contributed by atoms with Crippen LogP contribution in [0.4, 0.5) is 0 Å². The van der Waals surface area contributed by atoms with Crippen molar-refractivity contribution < 1.29 is 19.8 Å². The van der Waals surface area contributed by atoms with E-state index in [0.717, 1.165) is 12.8 Å². The summed E-state index contributed by atoms with van der Waals surface area (Å²) < 4.78 is 0. The van der Waals surface area contributed by atoms with Crippen LogP contribution in [0.5, 0.6) is 0 Å². The Bertz CT molecular complexity index is 313. The van der Waals surface area contributed by atoms with Crippen LogP contribution in [-0.2, 0) is 9.59 Å². The van der Waals surface area contributed by atoms with Gasteiger partial charge in [-0.25, -0.2) is 0 Å². The van der Waals surface area contributed by atoms with Crippen molar-refractivity contribution in [3.8, 4) is 0 Å². The van der Waals surface area contributed by atoms with Crippen molar-refractivity contribution in [3.63, 3.8) is 0 Å². The molecule has 3 atom stereocenters. The molecule has 0 saturated heterocycles. The summed E-state index contributed by atoms with van der Waals surface area (Å²) in [5.41, 5.74) is 0. The van der Waals surface area contributed by atoms with Gasteiger partial charge < -0.3 is 15.1 Å². The summed E-state index contributed by atoms with van der Waals surface area (Å²) in [6.07, 6.45) is 2.99. The first-order valence-electron chi connectivity index (χ1n) is 7.17. The van der Waals surface area contributed by atoms with Crippen molar-refractivity contribution in [1.82, 2.24) is 4.90 Å². The van der Waals surface area contributed by atoms with E-state index in [1.54, 1.807) is 4.90 Å². The number of hydrogen-bond donors (Lipinski definition) is 2. The number of nitrogens with zero attached hydrogens (tertiary/aromatic N) is 1. The summed E-state index contributed by atoms with van der Waals surface area (Å²) in [6, 6.07) is 0. The first kappa shape index (κ1) is 16.0. The predicted octanol–water partition coefficient (Wildman–Crippen LogP) is 1.35. The third-order valence-corrected chi connectivity index (χ3v) is 4.05. The van der Waals surface area contributed by atoms with E-state index in [-0.39, 0.29) is 12.5 Å². The Balaban J connectivity index is 2.79. The number of aliphatic hydroxyl groups excluding tert-OH is 1. The average Bonchev–Trinajstić information content (AvgIpc) is 2.82. The number of aliphatic hydroxyl groups is 1. The molecule has 1 rings (SSSR count). The van der Waals surface area contributed by atoms with Gasteiger partial charge in [-0.05, 0) is 25.2 Å². The van der Waals surface area contributed by atoms with Crippen molar-refractivity contribution in [3.05, 3.63) is 0 Å². The molecular formula is C14H25NO4. The van der Waals surface area contributed by atoms with Gasteiger partial charge in [-0.2, -0.15) is 0 Å². The maximum Gasteiger partial charge on any atom is 0.307 e. The van der Waals surface area contributed by atoms with Crippen LogP contribution in [0.2, 0.25) is 0 Å². The molecule has 5 nitrogen and oxygen atoms in total. The van der Waals surface area contributed by atoms with E-state index in [1.165, 1.54) is 0 Å². The largest absolute Gasteiger partial charge is 0.481 e. The van der Waals surface area contributed by atoms with Gasteiger partial charge in [0.05, 0.1) is 18.4 Å². The second-order valence-electron chi connectivity index (χ2n) is 5.35. The first-order valence-corrected chi connectivity index (χ1v) is 7.17.